The molecule has 20 heavy (non-hydrogen) atoms. The first-order valence-corrected chi connectivity index (χ1v) is 7.58. The van der Waals surface area contributed by atoms with Gasteiger partial charge in [-0.05, 0) is 31.0 Å². The van der Waals surface area contributed by atoms with E-state index in [-0.39, 0.29) is 18.3 Å². The Balaban J connectivity index is 1.76. The molecule has 0 aromatic heterocycles. The Hall–Kier alpha value is -0.770. The summed E-state index contributed by atoms with van der Waals surface area (Å²) < 4.78 is 5.47. The van der Waals surface area contributed by atoms with E-state index >= 15 is 0 Å². The van der Waals surface area contributed by atoms with Gasteiger partial charge in [-0.25, -0.2) is 0 Å². The summed E-state index contributed by atoms with van der Waals surface area (Å²) in [6.45, 7) is 4.29. The number of nitrogens with one attached hydrogen (secondary N) is 1. The van der Waals surface area contributed by atoms with Gasteiger partial charge in [0.2, 0.25) is 0 Å². The lowest BCUT2D eigenvalue weighted by atomic mass is 9.77. The van der Waals surface area contributed by atoms with Crippen molar-refractivity contribution in [2.24, 2.45) is 5.92 Å². The Bertz CT molecular complexity index is 485. The van der Waals surface area contributed by atoms with E-state index in [1.807, 2.05) is 0 Å². The standard InChI is InChI=1S/C15H19Cl2NO2/c1-9(2)18-12-5-10(6-12)14(19)8-20-15-4-3-11(16)7-13(15)17/h3-4,7,9-10,12,18H,5-6,8H2,1-2H3/t10-,12+. The van der Waals surface area contributed by atoms with Crippen LogP contribution in [0.1, 0.15) is 26.7 Å². The van der Waals surface area contributed by atoms with Crippen LogP contribution in [0.15, 0.2) is 18.2 Å². The van der Waals surface area contributed by atoms with Gasteiger partial charge in [-0.15, -0.1) is 0 Å². The fourth-order valence-electron chi connectivity index (χ4n) is 2.35. The van der Waals surface area contributed by atoms with Crippen molar-refractivity contribution in [1.29, 1.82) is 0 Å². The zero-order chi connectivity index (χ0) is 14.7. The number of Topliss-reactive ketones (excluding diaryl/α,β-unsaturated/α-hetero) is 1. The van der Waals surface area contributed by atoms with Crippen molar-refractivity contribution in [2.75, 3.05) is 6.61 Å². The zero-order valence-electron chi connectivity index (χ0n) is 11.7. The van der Waals surface area contributed by atoms with Crippen LogP contribution in [0.25, 0.3) is 0 Å². The van der Waals surface area contributed by atoms with E-state index in [9.17, 15) is 4.79 Å². The van der Waals surface area contributed by atoms with E-state index in [1.165, 1.54) is 0 Å². The first-order valence-electron chi connectivity index (χ1n) is 6.82. The Kier molecular flexibility index (Phi) is 5.30. The molecule has 1 aliphatic carbocycles. The van der Waals surface area contributed by atoms with Gasteiger partial charge in [0.1, 0.15) is 12.4 Å². The molecule has 0 spiro atoms. The van der Waals surface area contributed by atoms with E-state index in [0.29, 0.717) is 27.9 Å². The Morgan fingerprint density at radius 3 is 2.70 bits per heavy atom. The predicted molar refractivity (Wildman–Crippen MR) is 81.7 cm³/mol. The number of ether oxygens (including phenoxy) is 1. The number of hydrogen-bond acceptors (Lipinski definition) is 3. The topological polar surface area (TPSA) is 38.3 Å². The molecule has 1 saturated carbocycles. The molecule has 0 unspecified atom stereocenters. The van der Waals surface area contributed by atoms with E-state index in [0.717, 1.165) is 12.8 Å². The van der Waals surface area contributed by atoms with Crippen molar-refractivity contribution in [2.45, 2.75) is 38.8 Å². The molecule has 5 heteroatoms. The van der Waals surface area contributed by atoms with Crippen molar-refractivity contribution >= 4 is 29.0 Å². The molecule has 0 bridgehead atoms. The highest BCUT2D eigenvalue weighted by Gasteiger charge is 2.34. The highest BCUT2D eigenvalue weighted by atomic mass is 35.5. The third-order valence-corrected chi connectivity index (χ3v) is 3.96. The van der Waals surface area contributed by atoms with Gasteiger partial charge in [0.15, 0.2) is 5.78 Å². The van der Waals surface area contributed by atoms with Gasteiger partial charge in [-0.2, -0.15) is 0 Å². The van der Waals surface area contributed by atoms with Crippen LogP contribution in [0.3, 0.4) is 0 Å². The largest absolute Gasteiger partial charge is 0.484 e. The molecule has 1 aromatic carbocycles. The number of rotatable bonds is 6. The fourth-order valence-corrected chi connectivity index (χ4v) is 2.81. The molecule has 110 valence electrons. The van der Waals surface area contributed by atoms with E-state index in [4.69, 9.17) is 27.9 Å². The molecular formula is C15H19Cl2NO2. The Morgan fingerprint density at radius 2 is 2.10 bits per heavy atom. The summed E-state index contributed by atoms with van der Waals surface area (Å²) in [6, 6.07) is 5.90. The first-order chi connectivity index (χ1) is 9.45. The number of carbonyl (C=O) groups is 1. The SMILES string of the molecule is CC(C)N[C@H]1C[C@@H](C(=O)COc2ccc(Cl)cc2Cl)C1. The van der Waals surface area contributed by atoms with Gasteiger partial charge in [0.05, 0.1) is 5.02 Å². The minimum absolute atomic E-state index is 0.0699. The summed E-state index contributed by atoms with van der Waals surface area (Å²) in [6.07, 6.45) is 1.80. The minimum Gasteiger partial charge on any atom is -0.484 e. The molecule has 1 aromatic rings. The summed E-state index contributed by atoms with van der Waals surface area (Å²) >= 11 is 11.8. The third-order valence-electron chi connectivity index (χ3n) is 3.43. The molecule has 1 fully saturated rings. The van der Waals surface area contributed by atoms with Crippen molar-refractivity contribution < 1.29 is 9.53 Å². The number of benzene rings is 1. The fraction of sp³-hybridized carbons (Fsp3) is 0.533. The van der Waals surface area contributed by atoms with Crippen LogP contribution in [-0.2, 0) is 4.79 Å². The van der Waals surface area contributed by atoms with Crippen LogP contribution in [0.4, 0.5) is 0 Å². The minimum atomic E-state index is 0.0699. The van der Waals surface area contributed by atoms with Crippen LogP contribution in [0, 0.1) is 5.92 Å². The second kappa shape index (κ2) is 6.79. The molecule has 0 radical (unpaired) electrons. The van der Waals surface area contributed by atoms with E-state index in [2.05, 4.69) is 19.2 Å². The normalized spacial score (nSPS) is 21.6. The molecule has 3 nitrogen and oxygen atoms in total. The highest BCUT2D eigenvalue weighted by Crippen LogP contribution is 2.30. The third kappa shape index (κ3) is 4.11. The van der Waals surface area contributed by atoms with Gasteiger partial charge >= 0.3 is 0 Å². The van der Waals surface area contributed by atoms with Gasteiger partial charge in [-0.3, -0.25) is 4.79 Å². The summed E-state index contributed by atoms with van der Waals surface area (Å²) in [5.74, 6) is 0.746. The van der Waals surface area contributed by atoms with Crippen LogP contribution >= 0.6 is 23.2 Å². The number of carbonyl (C=O) groups excluding carboxylic acids is 1. The van der Waals surface area contributed by atoms with Crippen LogP contribution < -0.4 is 10.1 Å². The summed E-state index contributed by atoms with van der Waals surface area (Å²) in [5.41, 5.74) is 0. The van der Waals surface area contributed by atoms with E-state index in [1.54, 1.807) is 18.2 Å². The molecule has 0 atom stereocenters. The zero-order valence-corrected chi connectivity index (χ0v) is 13.2. The van der Waals surface area contributed by atoms with Gasteiger partial charge in [0, 0.05) is 23.0 Å². The highest BCUT2D eigenvalue weighted by molar-refractivity contribution is 6.35. The van der Waals surface area contributed by atoms with Crippen molar-refractivity contribution in [3.8, 4) is 5.75 Å². The summed E-state index contributed by atoms with van der Waals surface area (Å²) in [4.78, 5) is 12.0. The lowest BCUT2D eigenvalue weighted by molar-refractivity contribution is -0.128. The molecule has 0 saturated heterocycles. The van der Waals surface area contributed by atoms with Crippen molar-refractivity contribution in [1.82, 2.24) is 5.32 Å². The molecule has 2 rings (SSSR count). The average molecular weight is 316 g/mol. The molecular weight excluding hydrogens is 297 g/mol. The number of hydrogen-bond donors (Lipinski definition) is 1. The quantitative estimate of drug-likeness (QED) is 0.869. The Labute approximate surface area is 129 Å². The van der Waals surface area contributed by atoms with Crippen LogP contribution in [0.5, 0.6) is 5.75 Å². The second-order valence-electron chi connectivity index (χ2n) is 5.52. The van der Waals surface area contributed by atoms with E-state index < -0.39 is 0 Å². The molecule has 0 heterocycles. The predicted octanol–water partition coefficient (Wildman–Crippen LogP) is 3.72. The first kappa shape index (κ1) is 15.6. The molecule has 1 aliphatic rings. The summed E-state index contributed by atoms with van der Waals surface area (Å²) in [5, 5.41) is 4.40. The van der Waals surface area contributed by atoms with Gasteiger partial charge in [-0.1, -0.05) is 37.0 Å². The maximum atomic E-state index is 12.0. The van der Waals surface area contributed by atoms with Gasteiger partial charge < -0.3 is 10.1 Å². The van der Waals surface area contributed by atoms with Crippen molar-refractivity contribution in [3.05, 3.63) is 28.2 Å². The van der Waals surface area contributed by atoms with Crippen molar-refractivity contribution in [3.63, 3.8) is 0 Å². The number of halogens is 2. The Morgan fingerprint density at radius 1 is 1.40 bits per heavy atom. The van der Waals surface area contributed by atoms with Crippen LogP contribution in [0.2, 0.25) is 10.0 Å². The average Bonchev–Trinajstić information content (AvgIpc) is 2.31. The molecule has 0 amide bonds. The van der Waals surface area contributed by atoms with Crippen LogP contribution in [-0.4, -0.2) is 24.5 Å². The van der Waals surface area contributed by atoms with Gasteiger partial charge in [0.25, 0.3) is 0 Å². The maximum absolute atomic E-state index is 12.0. The second-order valence-corrected chi connectivity index (χ2v) is 6.36. The lowest BCUT2D eigenvalue weighted by Crippen LogP contribution is -2.47. The maximum Gasteiger partial charge on any atom is 0.173 e. The smallest absolute Gasteiger partial charge is 0.173 e. The summed E-state index contributed by atoms with van der Waals surface area (Å²) in [7, 11) is 0. The molecule has 1 N–H and O–H groups in total. The monoisotopic (exact) mass is 315 g/mol. The number of ketones is 1. The molecule has 0 aliphatic heterocycles. The lowest BCUT2D eigenvalue weighted by Gasteiger charge is -2.36.